The van der Waals surface area contributed by atoms with Gasteiger partial charge in [-0.1, -0.05) is 39.2 Å². The minimum atomic E-state index is -1.03. The van der Waals surface area contributed by atoms with Crippen LogP contribution in [0.3, 0.4) is 0 Å². The highest BCUT2D eigenvalue weighted by molar-refractivity contribution is 5.98. The number of carbonyl (C=O) groups is 3. The Labute approximate surface area is 210 Å². The van der Waals surface area contributed by atoms with Crippen molar-refractivity contribution < 1.29 is 29.0 Å². The molecule has 3 unspecified atom stereocenters. The second-order valence-corrected chi connectivity index (χ2v) is 10.6. The molecule has 0 radical (unpaired) electrons. The predicted molar refractivity (Wildman–Crippen MR) is 132 cm³/mol. The quantitative estimate of drug-likeness (QED) is 0.228. The van der Waals surface area contributed by atoms with Gasteiger partial charge in [0.05, 0.1) is 18.1 Å². The highest BCUT2D eigenvalue weighted by atomic mass is 16.6. The lowest BCUT2D eigenvalue weighted by molar-refractivity contribution is -0.161. The van der Waals surface area contributed by atoms with Crippen LogP contribution in [0.15, 0.2) is 12.7 Å². The molecule has 0 aromatic carbocycles. The lowest BCUT2D eigenvalue weighted by atomic mass is 9.62. The first-order valence-corrected chi connectivity index (χ1v) is 13.4. The molecule has 0 aromatic heterocycles. The van der Waals surface area contributed by atoms with E-state index in [1.165, 1.54) is 0 Å². The fourth-order valence-electron chi connectivity index (χ4n) is 6.57. The molecule has 35 heavy (non-hydrogen) atoms. The zero-order valence-electron chi connectivity index (χ0n) is 22.0. The maximum atomic E-state index is 14.1. The summed E-state index contributed by atoms with van der Waals surface area (Å²) in [6, 6.07) is -0.765. The molecule has 0 aliphatic carbocycles. The number of aliphatic hydroxyl groups is 1. The highest BCUT2D eigenvalue weighted by Gasteiger charge is 2.80. The normalized spacial score (nSPS) is 33.2. The number of ether oxygens (including phenoxy) is 2. The summed E-state index contributed by atoms with van der Waals surface area (Å²) in [6.07, 6.45) is 7.25. The number of fused-ring (bicyclic) bond motifs is 1. The predicted octanol–water partition coefficient (Wildman–Crippen LogP) is 2.93. The molecule has 3 aliphatic heterocycles. The molecule has 3 heterocycles. The second-order valence-electron chi connectivity index (χ2n) is 10.6. The Bertz CT molecular complexity index is 803. The molecule has 1 spiro atoms. The minimum absolute atomic E-state index is 0.00394. The third-order valence-electron chi connectivity index (χ3n) is 8.34. The molecule has 8 nitrogen and oxygen atoms in total. The Balaban J connectivity index is 2.00. The van der Waals surface area contributed by atoms with E-state index in [9.17, 15) is 14.4 Å². The Morgan fingerprint density at radius 2 is 1.97 bits per heavy atom. The van der Waals surface area contributed by atoms with Gasteiger partial charge in [0.2, 0.25) is 11.8 Å². The van der Waals surface area contributed by atoms with Crippen LogP contribution in [0, 0.1) is 17.8 Å². The van der Waals surface area contributed by atoms with E-state index in [-0.39, 0.29) is 30.9 Å². The average Bonchev–Trinajstić information content (AvgIpc) is 3.33. The number of carbonyl (C=O) groups excluding carboxylic acids is 3. The topological polar surface area (TPSA) is 96.4 Å². The van der Waals surface area contributed by atoms with E-state index < -0.39 is 35.0 Å². The monoisotopic (exact) mass is 492 g/mol. The van der Waals surface area contributed by atoms with Gasteiger partial charge in [0.15, 0.2) is 0 Å². The summed E-state index contributed by atoms with van der Waals surface area (Å²) in [4.78, 5) is 44.7. The van der Waals surface area contributed by atoms with E-state index in [1.807, 2.05) is 13.8 Å². The van der Waals surface area contributed by atoms with Gasteiger partial charge < -0.3 is 24.4 Å². The standard InChI is InChI=1S/C27H44N2O6/c1-6-9-15-28(14-7-2)24(32)22-27-18-19(4)26(5,35-27)21(25(33)34-8-3)20(27)23(31)29(22)16-12-10-11-13-17-30/h7,19-22,30H,2,6,8-18H2,1,3-5H3/t19?,20-,21+,22?,26-,27?/m0/s1. The molecule has 3 rings (SSSR count). The molecule has 0 aromatic rings. The maximum Gasteiger partial charge on any atom is 0.312 e. The third-order valence-corrected chi connectivity index (χ3v) is 8.34. The first-order valence-electron chi connectivity index (χ1n) is 13.4. The number of likely N-dealkylation sites (tertiary alicyclic amines) is 1. The van der Waals surface area contributed by atoms with Crippen LogP contribution in [-0.4, -0.2) is 82.8 Å². The summed E-state index contributed by atoms with van der Waals surface area (Å²) >= 11 is 0. The van der Waals surface area contributed by atoms with Crippen LogP contribution in [0.1, 0.15) is 72.6 Å². The first-order chi connectivity index (χ1) is 16.7. The lowest BCUT2D eigenvalue weighted by Crippen LogP contribution is -2.56. The van der Waals surface area contributed by atoms with Crippen molar-refractivity contribution in [1.82, 2.24) is 9.80 Å². The van der Waals surface area contributed by atoms with Crippen LogP contribution < -0.4 is 0 Å². The fourth-order valence-corrected chi connectivity index (χ4v) is 6.57. The van der Waals surface area contributed by atoms with Gasteiger partial charge in [0.1, 0.15) is 17.6 Å². The SMILES string of the molecule is C=CCN(CCCC)C(=O)C1N(CCCCCCO)C(=O)[C@@H]2[C@H](C(=O)OCC)[C@@]3(C)OC12CC3C. The van der Waals surface area contributed by atoms with E-state index in [2.05, 4.69) is 13.5 Å². The molecule has 1 N–H and O–H groups in total. The van der Waals surface area contributed by atoms with Gasteiger partial charge in [-0.25, -0.2) is 0 Å². The summed E-state index contributed by atoms with van der Waals surface area (Å²) in [5, 5.41) is 9.09. The molecular formula is C27H44N2O6. The van der Waals surface area contributed by atoms with Gasteiger partial charge in [-0.05, 0) is 45.4 Å². The summed E-state index contributed by atoms with van der Waals surface area (Å²) in [5.41, 5.74) is -1.87. The molecule has 2 amide bonds. The molecule has 8 heteroatoms. The molecule has 198 valence electrons. The van der Waals surface area contributed by atoms with E-state index >= 15 is 0 Å². The zero-order chi connectivity index (χ0) is 25.8. The van der Waals surface area contributed by atoms with Gasteiger partial charge in [0.25, 0.3) is 0 Å². The molecule has 3 fully saturated rings. The minimum Gasteiger partial charge on any atom is -0.466 e. The number of esters is 1. The Morgan fingerprint density at radius 1 is 1.26 bits per heavy atom. The molecular weight excluding hydrogens is 448 g/mol. The summed E-state index contributed by atoms with van der Waals surface area (Å²) in [6.45, 7) is 13.4. The Morgan fingerprint density at radius 3 is 2.60 bits per heavy atom. The van der Waals surface area contributed by atoms with E-state index in [0.29, 0.717) is 26.1 Å². The van der Waals surface area contributed by atoms with Crippen molar-refractivity contribution >= 4 is 17.8 Å². The Kier molecular flexibility index (Phi) is 9.02. The van der Waals surface area contributed by atoms with Crippen molar-refractivity contribution in [2.75, 3.05) is 32.8 Å². The number of nitrogens with zero attached hydrogens (tertiary/aromatic N) is 2. The molecule has 2 bridgehead atoms. The van der Waals surface area contributed by atoms with Gasteiger partial charge in [0, 0.05) is 26.2 Å². The average molecular weight is 493 g/mol. The van der Waals surface area contributed by atoms with E-state index in [4.69, 9.17) is 14.6 Å². The van der Waals surface area contributed by atoms with E-state index in [0.717, 1.165) is 38.5 Å². The van der Waals surface area contributed by atoms with E-state index in [1.54, 1.807) is 22.8 Å². The van der Waals surface area contributed by atoms with Crippen molar-refractivity contribution in [3.63, 3.8) is 0 Å². The molecule has 3 saturated heterocycles. The maximum absolute atomic E-state index is 14.1. The summed E-state index contributed by atoms with van der Waals surface area (Å²) < 4.78 is 12.1. The third kappa shape index (κ3) is 4.76. The van der Waals surface area contributed by atoms with Gasteiger partial charge in [-0.3, -0.25) is 14.4 Å². The largest absolute Gasteiger partial charge is 0.466 e. The summed E-state index contributed by atoms with van der Waals surface area (Å²) in [5.74, 6) is -2.14. The van der Waals surface area contributed by atoms with Crippen LogP contribution in [0.4, 0.5) is 0 Å². The molecule has 6 atom stereocenters. The smallest absolute Gasteiger partial charge is 0.312 e. The van der Waals surface area contributed by atoms with Crippen LogP contribution in [0.2, 0.25) is 0 Å². The number of amides is 2. The molecule has 3 aliphatic rings. The van der Waals surface area contributed by atoms with Crippen molar-refractivity contribution in [3.05, 3.63) is 12.7 Å². The number of hydrogen-bond donors (Lipinski definition) is 1. The van der Waals surface area contributed by atoms with Crippen molar-refractivity contribution in [2.45, 2.75) is 89.9 Å². The van der Waals surface area contributed by atoms with Crippen LogP contribution in [0.5, 0.6) is 0 Å². The van der Waals surface area contributed by atoms with Crippen molar-refractivity contribution in [2.24, 2.45) is 17.8 Å². The molecule has 0 saturated carbocycles. The fraction of sp³-hybridized carbons (Fsp3) is 0.815. The van der Waals surface area contributed by atoms with Crippen LogP contribution in [0.25, 0.3) is 0 Å². The van der Waals surface area contributed by atoms with Crippen LogP contribution in [-0.2, 0) is 23.9 Å². The Hall–Kier alpha value is -1.93. The second kappa shape index (κ2) is 11.4. The number of hydrogen-bond acceptors (Lipinski definition) is 6. The van der Waals surface area contributed by atoms with Crippen molar-refractivity contribution in [3.8, 4) is 0 Å². The summed E-state index contributed by atoms with van der Waals surface area (Å²) in [7, 11) is 0. The van der Waals surface area contributed by atoms with Crippen LogP contribution >= 0.6 is 0 Å². The zero-order valence-corrected chi connectivity index (χ0v) is 22.0. The lowest BCUT2D eigenvalue weighted by Gasteiger charge is -2.37. The first kappa shape index (κ1) is 27.7. The number of unbranched alkanes of at least 4 members (excludes halogenated alkanes) is 4. The van der Waals surface area contributed by atoms with Crippen molar-refractivity contribution in [1.29, 1.82) is 0 Å². The highest BCUT2D eigenvalue weighted by Crippen LogP contribution is 2.65. The van der Waals surface area contributed by atoms with Gasteiger partial charge in [-0.2, -0.15) is 0 Å². The number of rotatable bonds is 14. The van der Waals surface area contributed by atoms with Gasteiger partial charge in [-0.15, -0.1) is 6.58 Å². The number of aliphatic hydroxyl groups excluding tert-OH is 1. The van der Waals surface area contributed by atoms with Gasteiger partial charge >= 0.3 is 5.97 Å².